The zero-order valence-electron chi connectivity index (χ0n) is 13.0. The average Bonchev–Trinajstić information content (AvgIpc) is 2.45. The van der Waals surface area contributed by atoms with Crippen LogP contribution in [0, 0.1) is 30.1 Å². The second-order valence-electron chi connectivity index (χ2n) is 7.25. The van der Waals surface area contributed by atoms with Crippen LogP contribution in [0.5, 0.6) is 0 Å². The highest BCUT2D eigenvalue weighted by Crippen LogP contribution is 2.61. The van der Waals surface area contributed by atoms with Crippen molar-refractivity contribution < 1.29 is 12.6 Å². The molecule has 21 heavy (non-hydrogen) atoms. The van der Waals surface area contributed by atoms with Crippen LogP contribution >= 0.6 is 0 Å². The average molecular weight is 308 g/mol. The molecule has 3 saturated carbocycles. The van der Waals surface area contributed by atoms with Gasteiger partial charge in [-0.2, -0.15) is 8.42 Å². The number of rotatable bonds is 4. The molecule has 0 heterocycles. The third kappa shape index (κ3) is 2.64. The molecule has 0 N–H and O–H groups in total. The van der Waals surface area contributed by atoms with E-state index in [1.807, 2.05) is 6.92 Å². The molecule has 2 bridgehead atoms. The zero-order chi connectivity index (χ0) is 15.3. The van der Waals surface area contributed by atoms with E-state index >= 15 is 0 Å². The van der Waals surface area contributed by atoms with Gasteiger partial charge in [-0.3, -0.25) is 4.18 Å². The van der Waals surface area contributed by atoms with Crippen molar-refractivity contribution in [2.75, 3.05) is 6.61 Å². The van der Waals surface area contributed by atoms with Gasteiger partial charge in [0.2, 0.25) is 0 Å². The summed E-state index contributed by atoms with van der Waals surface area (Å²) in [6, 6.07) is 6.84. The first-order valence-electron chi connectivity index (χ1n) is 7.77. The molecule has 1 aromatic carbocycles. The maximum absolute atomic E-state index is 12.2. The fraction of sp³-hybridized carbons (Fsp3) is 0.647. The van der Waals surface area contributed by atoms with Gasteiger partial charge < -0.3 is 0 Å². The van der Waals surface area contributed by atoms with E-state index in [1.165, 1.54) is 12.8 Å². The summed E-state index contributed by atoms with van der Waals surface area (Å²) in [7, 11) is -3.62. The highest BCUT2D eigenvalue weighted by atomic mass is 32.2. The Labute approximate surface area is 127 Å². The quantitative estimate of drug-likeness (QED) is 0.795. The summed E-state index contributed by atoms with van der Waals surface area (Å²) in [6.07, 6.45) is 3.55. The highest BCUT2D eigenvalue weighted by molar-refractivity contribution is 7.86. The molecule has 1 aromatic rings. The second-order valence-corrected chi connectivity index (χ2v) is 8.86. The fourth-order valence-corrected chi connectivity index (χ4v) is 5.07. The molecule has 3 atom stereocenters. The lowest BCUT2D eigenvalue weighted by Gasteiger charge is -2.60. The van der Waals surface area contributed by atoms with Crippen LogP contribution in [0.1, 0.15) is 38.7 Å². The Hall–Kier alpha value is -0.870. The summed E-state index contributed by atoms with van der Waals surface area (Å²) in [6.45, 7) is 6.89. The summed E-state index contributed by atoms with van der Waals surface area (Å²) in [4.78, 5) is 0.259. The van der Waals surface area contributed by atoms with E-state index < -0.39 is 10.1 Å². The molecule has 0 aromatic heterocycles. The van der Waals surface area contributed by atoms with E-state index in [-0.39, 0.29) is 4.90 Å². The Bertz CT molecular complexity index is 614. The van der Waals surface area contributed by atoms with Gasteiger partial charge in [0.15, 0.2) is 0 Å². The summed E-state index contributed by atoms with van der Waals surface area (Å²) >= 11 is 0. The van der Waals surface area contributed by atoms with Crippen molar-refractivity contribution in [3.8, 4) is 0 Å². The molecule has 4 heteroatoms. The van der Waals surface area contributed by atoms with Crippen molar-refractivity contribution in [3.63, 3.8) is 0 Å². The van der Waals surface area contributed by atoms with Crippen LogP contribution in [0.2, 0.25) is 0 Å². The van der Waals surface area contributed by atoms with Crippen molar-refractivity contribution in [3.05, 3.63) is 29.8 Å². The molecule has 3 aliphatic carbocycles. The first-order chi connectivity index (χ1) is 9.80. The van der Waals surface area contributed by atoms with E-state index in [0.29, 0.717) is 23.9 Å². The van der Waals surface area contributed by atoms with Crippen molar-refractivity contribution in [1.82, 2.24) is 0 Å². The number of benzene rings is 1. The molecule has 0 spiro atoms. The molecule has 0 radical (unpaired) electrons. The molecule has 3 nitrogen and oxygen atoms in total. The van der Waals surface area contributed by atoms with Crippen LogP contribution < -0.4 is 0 Å². The van der Waals surface area contributed by atoms with Gasteiger partial charge in [0.1, 0.15) is 0 Å². The zero-order valence-corrected chi connectivity index (χ0v) is 13.8. The fourth-order valence-electron chi connectivity index (χ4n) is 4.11. The number of fused-ring (bicyclic) bond motifs is 2. The molecule has 0 unspecified atom stereocenters. The highest BCUT2D eigenvalue weighted by Gasteiger charge is 2.54. The topological polar surface area (TPSA) is 43.4 Å². The van der Waals surface area contributed by atoms with E-state index in [4.69, 9.17) is 4.18 Å². The maximum Gasteiger partial charge on any atom is 0.296 e. The van der Waals surface area contributed by atoms with Crippen LogP contribution in [0.25, 0.3) is 0 Å². The van der Waals surface area contributed by atoms with Crippen LogP contribution in [0.4, 0.5) is 0 Å². The predicted octanol–water partition coefficient (Wildman–Crippen LogP) is 3.77. The van der Waals surface area contributed by atoms with E-state index in [0.717, 1.165) is 17.9 Å². The first kappa shape index (κ1) is 15.0. The maximum atomic E-state index is 12.2. The second kappa shape index (κ2) is 5.10. The minimum atomic E-state index is -3.62. The standard InChI is InChI=1S/C17H24O3S/c1-12-4-8-15(9-5-12)21(18,19)20-11-13-6-7-14-10-16(13)17(14,2)3/h4-5,8-9,13-14,16H,6-7,10-11H2,1-3H3/t13-,14-,16-/m0/s1. The predicted molar refractivity (Wildman–Crippen MR) is 82.4 cm³/mol. The SMILES string of the molecule is Cc1ccc(S(=O)(=O)OC[C@@H]2CC[C@H]3C[C@@H]2C3(C)C)cc1. The molecular weight excluding hydrogens is 284 g/mol. The van der Waals surface area contributed by atoms with E-state index in [2.05, 4.69) is 13.8 Å². The van der Waals surface area contributed by atoms with Crippen LogP contribution in [-0.4, -0.2) is 15.0 Å². The van der Waals surface area contributed by atoms with Crippen molar-refractivity contribution in [2.45, 2.75) is 44.9 Å². The third-order valence-corrected chi connectivity index (χ3v) is 7.04. The van der Waals surface area contributed by atoms with Gasteiger partial charge in [0.05, 0.1) is 11.5 Å². The van der Waals surface area contributed by atoms with Crippen molar-refractivity contribution in [2.24, 2.45) is 23.2 Å². The van der Waals surface area contributed by atoms with Crippen LogP contribution in [0.15, 0.2) is 29.2 Å². The van der Waals surface area contributed by atoms with Gasteiger partial charge in [0.25, 0.3) is 10.1 Å². The van der Waals surface area contributed by atoms with E-state index in [9.17, 15) is 8.42 Å². The molecule has 3 aliphatic rings. The number of aryl methyl sites for hydroxylation is 1. The first-order valence-corrected chi connectivity index (χ1v) is 9.17. The minimum Gasteiger partial charge on any atom is -0.266 e. The molecule has 4 rings (SSSR count). The molecular formula is C17H24O3S. The smallest absolute Gasteiger partial charge is 0.266 e. The lowest BCUT2D eigenvalue weighted by molar-refractivity contribution is -0.113. The molecule has 0 saturated heterocycles. The van der Waals surface area contributed by atoms with Gasteiger partial charge in [0, 0.05) is 0 Å². The minimum absolute atomic E-state index is 0.259. The third-order valence-electron chi connectivity index (χ3n) is 5.75. The Morgan fingerprint density at radius 2 is 1.86 bits per heavy atom. The number of hydrogen-bond donors (Lipinski definition) is 0. The lowest BCUT2D eigenvalue weighted by atomic mass is 9.46. The Morgan fingerprint density at radius 1 is 1.19 bits per heavy atom. The summed E-state index contributed by atoms with van der Waals surface area (Å²) < 4.78 is 29.8. The Kier molecular flexibility index (Phi) is 3.65. The molecule has 0 aliphatic heterocycles. The van der Waals surface area contributed by atoms with Crippen molar-refractivity contribution in [1.29, 1.82) is 0 Å². The summed E-state index contributed by atoms with van der Waals surface area (Å²) in [5, 5.41) is 0. The van der Waals surface area contributed by atoms with Gasteiger partial charge >= 0.3 is 0 Å². The Balaban J connectivity index is 1.66. The molecule has 0 amide bonds. The van der Waals surface area contributed by atoms with Gasteiger partial charge in [-0.1, -0.05) is 31.5 Å². The summed E-state index contributed by atoms with van der Waals surface area (Å²) in [5.74, 6) is 1.82. The largest absolute Gasteiger partial charge is 0.296 e. The normalized spacial score (nSPS) is 30.7. The van der Waals surface area contributed by atoms with Crippen LogP contribution in [0.3, 0.4) is 0 Å². The Morgan fingerprint density at radius 3 is 2.43 bits per heavy atom. The summed E-state index contributed by atoms with van der Waals surface area (Å²) in [5.41, 5.74) is 1.41. The van der Waals surface area contributed by atoms with Crippen LogP contribution in [-0.2, 0) is 14.3 Å². The lowest BCUT2D eigenvalue weighted by Crippen LogP contribution is -2.53. The monoisotopic (exact) mass is 308 g/mol. The van der Waals surface area contributed by atoms with Gasteiger partial charge in [-0.25, -0.2) is 0 Å². The molecule has 3 fully saturated rings. The molecule has 116 valence electrons. The van der Waals surface area contributed by atoms with Gasteiger partial charge in [-0.05, 0) is 61.5 Å². The van der Waals surface area contributed by atoms with Gasteiger partial charge in [-0.15, -0.1) is 0 Å². The van der Waals surface area contributed by atoms with Crippen molar-refractivity contribution >= 4 is 10.1 Å². The number of hydrogen-bond acceptors (Lipinski definition) is 3. The van der Waals surface area contributed by atoms with E-state index in [1.54, 1.807) is 24.3 Å².